The number of benzene rings is 1. The molecule has 0 heterocycles. The van der Waals surface area contributed by atoms with E-state index < -0.39 is 0 Å². The van der Waals surface area contributed by atoms with Crippen molar-refractivity contribution < 1.29 is 14.3 Å². The molecule has 1 saturated carbocycles. The monoisotopic (exact) mass is 262 g/mol. The molecule has 0 N–H and O–H groups in total. The second-order valence-corrected chi connectivity index (χ2v) is 5.24. The molecule has 19 heavy (non-hydrogen) atoms. The van der Waals surface area contributed by atoms with Gasteiger partial charge in [-0.25, -0.2) is 0 Å². The Labute approximate surface area is 114 Å². The van der Waals surface area contributed by atoms with Crippen molar-refractivity contribution >= 4 is 6.29 Å². The van der Waals surface area contributed by atoms with Gasteiger partial charge in [-0.05, 0) is 49.3 Å². The third kappa shape index (κ3) is 3.49. The molecule has 0 aromatic heterocycles. The van der Waals surface area contributed by atoms with Gasteiger partial charge in [-0.2, -0.15) is 0 Å². The Morgan fingerprint density at radius 1 is 1.32 bits per heavy atom. The Morgan fingerprint density at radius 2 is 2.05 bits per heavy atom. The van der Waals surface area contributed by atoms with Crippen molar-refractivity contribution in [2.75, 3.05) is 7.11 Å². The van der Waals surface area contributed by atoms with Crippen LogP contribution in [0, 0.1) is 0 Å². The highest BCUT2D eigenvalue weighted by molar-refractivity contribution is 5.52. The van der Waals surface area contributed by atoms with Crippen LogP contribution in [-0.4, -0.2) is 19.5 Å². The van der Waals surface area contributed by atoms with Crippen molar-refractivity contribution in [3.05, 3.63) is 23.8 Å². The summed E-state index contributed by atoms with van der Waals surface area (Å²) in [6.07, 6.45) is 6.55. The van der Waals surface area contributed by atoms with Crippen LogP contribution in [-0.2, 0) is 4.79 Å². The number of carbonyl (C=O) groups excluding carboxylic acids is 1. The first-order valence-corrected chi connectivity index (χ1v) is 7.02. The maximum Gasteiger partial charge on any atom is 0.161 e. The maximum absolute atomic E-state index is 10.6. The van der Waals surface area contributed by atoms with Crippen LogP contribution in [0.25, 0.3) is 0 Å². The minimum atomic E-state index is 0.217. The summed E-state index contributed by atoms with van der Waals surface area (Å²) in [6.45, 7) is 2.05. The summed E-state index contributed by atoms with van der Waals surface area (Å²) < 4.78 is 11.4. The molecule has 3 heteroatoms. The van der Waals surface area contributed by atoms with Crippen molar-refractivity contribution in [2.24, 2.45) is 0 Å². The van der Waals surface area contributed by atoms with Gasteiger partial charge in [0.1, 0.15) is 6.29 Å². The van der Waals surface area contributed by atoms with Gasteiger partial charge in [-0.3, -0.25) is 0 Å². The Kier molecular flexibility index (Phi) is 4.83. The molecule has 1 aromatic rings. The molecule has 104 valence electrons. The van der Waals surface area contributed by atoms with E-state index in [4.69, 9.17) is 9.47 Å². The van der Waals surface area contributed by atoms with E-state index >= 15 is 0 Å². The van der Waals surface area contributed by atoms with E-state index in [0.29, 0.717) is 12.5 Å². The molecule has 1 unspecified atom stereocenters. The van der Waals surface area contributed by atoms with Gasteiger partial charge in [0.25, 0.3) is 0 Å². The third-order valence-corrected chi connectivity index (χ3v) is 3.80. The van der Waals surface area contributed by atoms with E-state index in [1.165, 1.54) is 12.8 Å². The number of hydrogen-bond donors (Lipinski definition) is 0. The van der Waals surface area contributed by atoms with E-state index in [0.717, 1.165) is 36.2 Å². The number of rotatable bonds is 6. The standard InChI is InChI=1S/C16H22O3/c1-12(9-10-17)13-7-8-15(18-2)16(11-13)19-14-5-3-4-6-14/h7-8,10-12,14H,3-6,9H2,1-2H3. The van der Waals surface area contributed by atoms with E-state index in [-0.39, 0.29) is 5.92 Å². The summed E-state index contributed by atoms with van der Waals surface area (Å²) in [4.78, 5) is 10.6. The summed E-state index contributed by atoms with van der Waals surface area (Å²) in [6, 6.07) is 5.96. The van der Waals surface area contributed by atoms with Crippen LogP contribution >= 0.6 is 0 Å². The topological polar surface area (TPSA) is 35.5 Å². The Hall–Kier alpha value is -1.51. The Morgan fingerprint density at radius 3 is 2.68 bits per heavy atom. The summed E-state index contributed by atoms with van der Waals surface area (Å²) >= 11 is 0. The molecule has 0 amide bonds. The second kappa shape index (κ2) is 6.60. The van der Waals surface area contributed by atoms with E-state index in [1.54, 1.807) is 7.11 Å². The Balaban J connectivity index is 2.17. The van der Waals surface area contributed by atoms with Crippen LogP contribution in [0.5, 0.6) is 11.5 Å². The molecule has 1 aliphatic rings. The fourth-order valence-corrected chi connectivity index (χ4v) is 2.56. The minimum absolute atomic E-state index is 0.217. The predicted molar refractivity (Wildman–Crippen MR) is 75.0 cm³/mol. The first-order chi connectivity index (χ1) is 9.24. The maximum atomic E-state index is 10.6. The molecule has 2 rings (SSSR count). The van der Waals surface area contributed by atoms with Crippen LogP contribution in [0.3, 0.4) is 0 Å². The Bertz CT molecular complexity index is 422. The first-order valence-electron chi connectivity index (χ1n) is 7.02. The fourth-order valence-electron chi connectivity index (χ4n) is 2.56. The number of ether oxygens (including phenoxy) is 2. The number of methoxy groups -OCH3 is 1. The molecular formula is C16H22O3. The van der Waals surface area contributed by atoms with Gasteiger partial charge in [-0.1, -0.05) is 13.0 Å². The summed E-state index contributed by atoms with van der Waals surface area (Å²) in [5.74, 6) is 1.80. The fraction of sp³-hybridized carbons (Fsp3) is 0.562. The smallest absolute Gasteiger partial charge is 0.161 e. The lowest BCUT2D eigenvalue weighted by molar-refractivity contribution is -0.108. The average Bonchev–Trinajstić information content (AvgIpc) is 2.92. The van der Waals surface area contributed by atoms with Gasteiger partial charge in [0.2, 0.25) is 0 Å². The highest BCUT2D eigenvalue weighted by atomic mass is 16.5. The van der Waals surface area contributed by atoms with Gasteiger partial charge >= 0.3 is 0 Å². The SMILES string of the molecule is COc1ccc(C(C)CC=O)cc1OC1CCCC1. The van der Waals surface area contributed by atoms with Crippen LogP contribution < -0.4 is 9.47 Å². The van der Waals surface area contributed by atoms with Gasteiger partial charge in [0.15, 0.2) is 11.5 Å². The lowest BCUT2D eigenvalue weighted by atomic mass is 9.98. The van der Waals surface area contributed by atoms with E-state index in [2.05, 4.69) is 6.92 Å². The minimum Gasteiger partial charge on any atom is -0.493 e. The van der Waals surface area contributed by atoms with Crippen LogP contribution in [0.2, 0.25) is 0 Å². The molecule has 0 bridgehead atoms. The molecule has 0 spiro atoms. The zero-order valence-electron chi connectivity index (χ0n) is 11.7. The molecule has 0 saturated heterocycles. The zero-order chi connectivity index (χ0) is 13.7. The molecule has 1 aromatic carbocycles. The molecule has 1 fully saturated rings. The largest absolute Gasteiger partial charge is 0.493 e. The van der Waals surface area contributed by atoms with Gasteiger partial charge in [0, 0.05) is 6.42 Å². The molecular weight excluding hydrogens is 240 g/mol. The van der Waals surface area contributed by atoms with Gasteiger partial charge < -0.3 is 14.3 Å². The lowest BCUT2D eigenvalue weighted by Gasteiger charge is -2.18. The molecule has 3 nitrogen and oxygen atoms in total. The summed E-state index contributed by atoms with van der Waals surface area (Å²) in [5.41, 5.74) is 1.13. The van der Waals surface area contributed by atoms with E-state index in [9.17, 15) is 4.79 Å². The molecule has 0 radical (unpaired) electrons. The summed E-state index contributed by atoms with van der Waals surface area (Å²) in [5, 5.41) is 0. The van der Waals surface area contributed by atoms with Crippen molar-refractivity contribution in [1.82, 2.24) is 0 Å². The molecule has 0 aliphatic heterocycles. The van der Waals surface area contributed by atoms with Crippen molar-refractivity contribution in [1.29, 1.82) is 0 Å². The second-order valence-electron chi connectivity index (χ2n) is 5.24. The molecule has 1 atom stereocenters. The van der Waals surface area contributed by atoms with Crippen molar-refractivity contribution in [3.8, 4) is 11.5 Å². The van der Waals surface area contributed by atoms with Crippen LogP contribution in [0.15, 0.2) is 18.2 Å². The number of aldehydes is 1. The molecule has 1 aliphatic carbocycles. The normalized spacial score (nSPS) is 17.2. The van der Waals surface area contributed by atoms with Crippen LogP contribution in [0.4, 0.5) is 0 Å². The summed E-state index contributed by atoms with van der Waals surface area (Å²) in [7, 11) is 1.66. The lowest BCUT2D eigenvalue weighted by Crippen LogP contribution is -2.12. The number of carbonyl (C=O) groups is 1. The average molecular weight is 262 g/mol. The van der Waals surface area contributed by atoms with Gasteiger partial charge in [0.05, 0.1) is 13.2 Å². The highest BCUT2D eigenvalue weighted by Crippen LogP contribution is 2.34. The predicted octanol–water partition coefficient (Wildman–Crippen LogP) is 3.71. The first kappa shape index (κ1) is 13.9. The third-order valence-electron chi connectivity index (χ3n) is 3.80. The zero-order valence-corrected chi connectivity index (χ0v) is 11.7. The number of hydrogen-bond acceptors (Lipinski definition) is 3. The van der Waals surface area contributed by atoms with Crippen molar-refractivity contribution in [2.45, 2.75) is 51.0 Å². The van der Waals surface area contributed by atoms with Gasteiger partial charge in [-0.15, -0.1) is 0 Å². The van der Waals surface area contributed by atoms with Crippen molar-refractivity contribution in [3.63, 3.8) is 0 Å². The quantitative estimate of drug-likeness (QED) is 0.733. The highest BCUT2D eigenvalue weighted by Gasteiger charge is 2.19. The van der Waals surface area contributed by atoms with E-state index in [1.807, 2.05) is 18.2 Å². The van der Waals surface area contributed by atoms with Crippen LogP contribution in [0.1, 0.15) is 50.5 Å².